The highest BCUT2D eigenvalue weighted by Crippen LogP contribution is 2.12. The van der Waals surface area contributed by atoms with Crippen LogP contribution < -0.4 is 5.32 Å². The largest absolute Gasteiger partial charge is 0.307 e. The van der Waals surface area contributed by atoms with E-state index in [4.69, 9.17) is 0 Å². The number of nitrogens with zero attached hydrogens (tertiary/aromatic N) is 1. The molecule has 1 rings (SSSR count). The minimum atomic E-state index is 0.376. The third-order valence-electron chi connectivity index (χ3n) is 2.70. The van der Waals surface area contributed by atoms with E-state index in [0.717, 1.165) is 0 Å². The Kier molecular flexibility index (Phi) is 4.08. The first-order valence-electron chi connectivity index (χ1n) is 5.27. The lowest BCUT2D eigenvalue weighted by atomic mass is 10.0. The van der Waals surface area contributed by atoms with Crippen LogP contribution in [0.2, 0.25) is 0 Å². The van der Waals surface area contributed by atoms with Gasteiger partial charge in [-0.05, 0) is 31.4 Å². The van der Waals surface area contributed by atoms with E-state index >= 15 is 0 Å². The zero-order chi connectivity index (χ0) is 10.6. The van der Waals surface area contributed by atoms with E-state index in [-0.39, 0.29) is 0 Å². The molecule has 1 aromatic rings. The predicted molar refractivity (Wildman–Crippen MR) is 60.1 cm³/mol. The molecular weight excluding hydrogens is 172 g/mol. The first-order chi connectivity index (χ1) is 6.61. The highest BCUT2D eigenvalue weighted by molar-refractivity contribution is 5.12. The third kappa shape index (κ3) is 3.11. The number of nitrogens with one attached hydrogen (secondary N) is 1. The second-order valence-corrected chi connectivity index (χ2v) is 4.21. The molecular formula is C12H20N2. The molecule has 2 heteroatoms. The Bertz CT molecular complexity index is 256. The van der Waals surface area contributed by atoms with Gasteiger partial charge in [0.25, 0.3) is 0 Å². The molecule has 0 saturated heterocycles. The fourth-order valence-electron chi connectivity index (χ4n) is 1.32. The molecule has 0 bridgehead atoms. The lowest BCUT2D eigenvalue weighted by molar-refractivity contribution is 0.388. The van der Waals surface area contributed by atoms with Crippen LogP contribution in [0.25, 0.3) is 0 Å². The molecule has 0 aliphatic rings. The third-order valence-corrected chi connectivity index (χ3v) is 2.70. The fourth-order valence-corrected chi connectivity index (χ4v) is 1.32. The quantitative estimate of drug-likeness (QED) is 0.793. The van der Waals surface area contributed by atoms with E-state index in [1.165, 1.54) is 5.56 Å². The topological polar surface area (TPSA) is 24.9 Å². The van der Waals surface area contributed by atoms with Crippen molar-refractivity contribution in [3.8, 4) is 0 Å². The molecule has 1 heterocycles. The molecule has 0 saturated carbocycles. The summed E-state index contributed by atoms with van der Waals surface area (Å²) in [6.45, 7) is 8.86. The molecule has 1 aromatic heterocycles. The average Bonchev–Trinajstić information content (AvgIpc) is 2.19. The van der Waals surface area contributed by atoms with Crippen LogP contribution in [0.1, 0.15) is 39.3 Å². The van der Waals surface area contributed by atoms with Crippen molar-refractivity contribution in [1.29, 1.82) is 0 Å². The molecule has 0 amide bonds. The Morgan fingerprint density at radius 3 is 2.43 bits per heavy atom. The molecule has 0 spiro atoms. The van der Waals surface area contributed by atoms with Gasteiger partial charge < -0.3 is 5.32 Å². The summed E-state index contributed by atoms with van der Waals surface area (Å²) in [6, 6.07) is 5.00. The van der Waals surface area contributed by atoms with Crippen molar-refractivity contribution >= 4 is 0 Å². The van der Waals surface area contributed by atoms with Crippen LogP contribution in [0.4, 0.5) is 0 Å². The smallest absolute Gasteiger partial charge is 0.0315 e. The minimum absolute atomic E-state index is 0.376. The molecule has 2 nitrogen and oxygen atoms in total. The van der Waals surface area contributed by atoms with Crippen molar-refractivity contribution in [3.05, 3.63) is 30.1 Å². The van der Waals surface area contributed by atoms with Gasteiger partial charge in [-0.15, -0.1) is 0 Å². The lowest BCUT2D eigenvalue weighted by Crippen LogP contribution is -2.32. The van der Waals surface area contributed by atoms with Gasteiger partial charge in [0.1, 0.15) is 0 Å². The molecule has 0 aliphatic carbocycles. The van der Waals surface area contributed by atoms with E-state index < -0.39 is 0 Å². The number of rotatable bonds is 4. The summed E-state index contributed by atoms with van der Waals surface area (Å²) in [6.07, 6.45) is 3.73. The normalized spacial score (nSPS) is 15.5. The Labute approximate surface area is 86.8 Å². The van der Waals surface area contributed by atoms with E-state index in [2.05, 4.69) is 44.1 Å². The van der Waals surface area contributed by atoms with Crippen molar-refractivity contribution in [2.75, 3.05) is 0 Å². The molecule has 0 fully saturated rings. The second kappa shape index (κ2) is 5.11. The zero-order valence-electron chi connectivity index (χ0n) is 9.49. The van der Waals surface area contributed by atoms with Crippen molar-refractivity contribution < 1.29 is 0 Å². The standard InChI is InChI=1S/C12H20N2/c1-9(2)10(3)14-11(4)12-6-5-7-13-8-12/h5-11,14H,1-4H3/t10-,11+/m0/s1. The van der Waals surface area contributed by atoms with Gasteiger partial charge in [0.15, 0.2) is 0 Å². The number of aromatic nitrogens is 1. The molecule has 0 unspecified atom stereocenters. The minimum Gasteiger partial charge on any atom is -0.307 e. The van der Waals surface area contributed by atoms with Gasteiger partial charge in [0.05, 0.1) is 0 Å². The van der Waals surface area contributed by atoms with Crippen LogP contribution in [0.5, 0.6) is 0 Å². The first kappa shape index (κ1) is 11.2. The fraction of sp³-hybridized carbons (Fsp3) is 0.583. The molecule has 1 N–H and O–H groups in total. The maximum absolute atomic E-state index is 4.12. The summed E-state index contributed by atoms with van der Waals surface area (Å²) in [4.78, 5) is 4.12. The summed E-state index contributed by atoms with van der Waals surface area (Å²) in [5, 5.41) is 3.56. The Balaban J connectivity index is 2.55. The lowest BCUT2D eigenvalue weighted by Gasteiger charge is -2.22. The maximum Gasteiger partial charge on any atom is 0.0315 e. The van der Waals surface area contributed by atoms with Gasteiger partial charge in [-0.1, -0.05) is 19.9 Å². The van der Waals surface area contributed by atoms with Crippen molar-refractivity contribution in [2.45, 2.75) is 39.8 Å². The summed E-state index contributed by atoms with van der Waals surface area (Å²) in [5.74, 6) is 0.661. The molecule has 0 aliphatic heterocycles. The number of pyridine rings is 1. The van der Waals surface area contributed by atoms with Crippen LogP contribution in [0.15, 0.2) is 24.5 Å². The molecule has 0 aromatic carbocycles. The van der Waals surface area contributed by atoms with Gasteiger partial charge >= 0.3 is 0 Å². The van der Waals surface area contributed by atoms with Crippen molar-refractivity contribution in [1.82, 2.24) is 10.3 Å². The van der Waals surface area contributed by atoms with Gasteiger partial charge in [-0.3, -0.25) is 4.98 Å². The Morgan fingerprint density at radius 1 is 1.21 bits per heavy atom. The molecule has 14 heavy (non-hydrogen) atoms. The highest BCUT2D eigenvalue weighted by Gasteiger charge is 2.11. The monoisotopic (exact) mass is 192 g/mol. The maximum atomic E-state index is 4.12. The van der Waals surface area contributed by atoms with Crippen LogP contribution in [0, 0.1) is 5.92 Å². The summed E-state index contributed by atoms with van der Waals surface area (Å²) < 4.78 is 0. The van der Waals surface area contributed by atoms with E-state index in [1.807, 2.05) is 18.5 Å². The molecule has 78 valence electrons. The molecule has 0 radical (unpaired) electrons. The van der Waals surface area contributed by atoms with Crippen LogP contribution >= 0.6 is 0 Å². The summed E-state index contributed by atoms with van der Waals surface area (Å²) in [5.41, 5.74) is 1.25. The second-order valence-electron chi connectivity index (χ2n) is 4.21. The predicted octanol–water partition coefficient (Wildman–Crippen LogP) is 2.78. The first-order valence-corrected chi connectivity index (χ1v) is 5.27. The van der Waals surface area contributed by atoms with Gasteiger partial charge in [-0.25, -0.2) is 0 Å². The van der Waals surface area contributed by atoms with Crippen molar-refractivity contribution in [2.24, 2.45) is 5.92 Å². The molecule has 2 atom stereocenters. The van der Waals surface area contributed by atoms with Crippen molar-refractivity contribution in [3.63, 3.8) is 0 Å². The van der Waals surface area contributed by atoms with E-state index in [1.54, 1.807) is 0 Å². The number of hydrogen-bond donors (Lipinski definition) is 1. The number of hydrogen-bond acceptors (Lipinski definition) is 2. The SMILES string of the molecule is CC(C)[C@H](C)N[C@H](C)c1cccnc1. The Hall–Kier alpha value is -0.890. The van der Waals surface area contributed by atoms with Crippen LogP contribution in [-0.4, -0.2) is 11.0 Å². The average molecular weight is 192 g/mol. The highest BCUT2D eigenvalue weighted by atomic mass is 14.9. The zero-order valence-corrected chi connectivity index (χ0v) is 9.49. The van der Waals surface area contributed by atoms with E-state index in [9.17, 15) is 0 Å². The summed E-state index contributed by atoms with van der Waals surface area (Å²) in [7, 11) is 0. The summed E-state index contributed by atoms with van der Waals surface area (Å²) >= 11 is 0. The Morgan fingerprint density at radius 2 is 1.93 bits per heavy atom. The van der Waals surface area contributed by atoms with Gasteiger partial charge in [-0.2, -0.15) is 0 Å². The van der Waals surface area contributed by atoms with E-state index in [0.29, 0.717) is 18.0 Å². The van der Waals surface area contributed by atoms with Crippen LogP contribution in [-0.2, 0) is 0 Å². The van der Waals surface area contributed by atoms with Gasteiger partial charge in [0.2, 0.25) is 0 Å². The van der Waals surface area contributed by atoms with Crippen LogP contribution in [0.3, 0.4) is 0 Å². The van der Waals surface area contributed by atoms with Gasteiger partial charge in [0, 0.05) is 24.5 Å².